The first kappa shape index (κ1) is 14.8. The van der Waals surface area contributed by atoms with Crippen molar-refractivity contribution in [3.63, 3.8) is 0 Å². The molecule has 0 spiro atoms. The molecule has 0 saturated carbocycles. The first-order valence-corrected chi connectivity index (χ1v) is 6.37. The standard InChI is InChI=1S/C12H23N3O3/c1-4-14(9-11(16)17)12(18)15-7-5-10(6-8-15)13(2)3/h10H,4-9H2,1-3H3,(H,16,17). The van der Waals surface area contributed by atoms with Gasteiger partial charge in [0.05, 0.1) is 0 Å². The second-order valence-electron chi connectivity index (χ2n) is 4.87. The van der Waals surface area contributed by atoms with Gasteiger partial charge >= 0.3 is 12.0 Å². The van der Waals surface area contributed by atoms with Gasteiger partial charge < -0.3 is 19.8 Å². The Labute approximate surface area is 108 Å². The van der Waals surface area contributed by atoms with E-state index in [2.05, 4.69) is 4.90 Å². The van der Waals surface area contributed by atoms with E-state index in [1.807, 2.05) is 14.1 Å². The molecule has 2 amide bonds. The molecule has 18 heavy (non-hydrogen) atoms. The fraction of sp³-hybridized carbons (Fsp3) is 0.833. The van der Waals surface area contributed by atoms with Crippen molar-refractivity contribution in [1.29, 1.82) is 0 Å². The topological polar surface area (TPSA) is 64.1 Å². The lowest BCUT2D eigenvalue weighted by molar-refractivity contribution is -0.137. The van der Waals surface area contributed by atoms with Crippen LogP contribution in [0.25, 0.3) is 0 Å². The number of piperidine rings is 1. The zero-order chi connectivity index (χ0) is 13.7. The fourth-order valence-corrected chi connectivity index (χ4v) is 2.25. The summed E-state index contributed by atoms with van der Waals surface area (Å²) in [5, 5.41) is 8.76. The maximum Gasteiger partial charge on any atom is 0.323 e. The molecular formula is C12H23N3O3. The Morgan fingerprint density at radius 1 is 1.28 bits per heavy atom. The maximum atomic E-state index is 12.1. The quantitative estimate of drug-likeness (QED) is 0.798. The van der Waals surface area contributed by atoms with Crippen LogP contribution in [0.15, 0.2) is 0 Å². The minimum atomic E-state index is -0.964. The molecule has 0 aromatic heterocycles. The molecule has 1 N–H and O–H groups in total. The number of rotatable bonds is 4. The number of aliphatic carboxylic acids is 1. The molecule has 0 bridgehead atoms. The molecule has 1 aliphatic rings. The first-order valence-electron chi connectivity index (χ1n) is 6.37. The minimum absolute atomic E-state index is 0.155. The average molecular weight is 257 g/mol. The molecule has 1 aliphatic heterocycles. The van der Waals surface area contributed by atoms with Crippen LogP contribution < -0.4 is 0 Å². The molecule has 1 rings (SSSR count). The number of hydrogen-bond acceptors (Lipinski definition) is 3. The Morgan fingerprint density at radius 3 is 2.22 bits per heavy atom. The largest absolute Gasteiger partial charge is 0.480 e. The first-order chi connectivity index (χ1) is 8.45. The van der Waals surface area contributed by atoms with Crippen molar-refractivity contribution in [3.8, 4) is 0 Å². The monoisotopic (exact) mass is 257 g/mol. The Kier molecular flexibility index (Phi) is 5.40. The van der Waals surface area contributed by atoms with Crippen LogP contribution >= 0.6 is 0 Å². The van der Waals surface area contributed by atoms with Gasteiger partial charge in [-0.3, -0.25) is 4.79 Å². The highest BCUT2D eigenvalue weighted by atomic mass is 16.4. The number of carbonyl (C=O) groups is 2. The lowest BCUT2D eigenvalue weighted by atomic mass is 10.0. The third-order valence-electron chi connectivity index (χ3n) is 3.44. The van der Waals surface area contributed by atoms with E-state index >= 15 is 0 Å². The predicted octanol–water partition coefficient (Wildman–Crippen LogP) is 0.539. The van der Waals surface area contributed by atoms with Gasteiger partial charge in [0.1, 0.15) is 6.54 Å². The molecule has 1 heterocycles. The van der Waals surface area contributed by atoms with Gasteiger partial charge in [-0.05, 0) is 33.9 Å². The molecule has 104 valence electrons. The highest BCUT2D eigenvalue weighted by Gasteiger charge is 2.27. The van der Waals surface area contributed by atoms with Gasteiger partial charge in [-0.2, -0.15) is 0 Å². The molecule has 0 atom stereocenters. The van der Waals surface area contributed by atoms with Crippen LogP contribution in [-0.2, 0) is 4.79 Å². The van der Waals surface area contributed by atoms with Crippen LogP contribution in [0.3, 0.4) is 0 Å². The summed E-state index contributed by atoms with van der Waals surface area (Å²) in [5.74, 6) is -0.964. The molecule has 1 fully saturated rings. The molecule has 6 heteroatoms. The highest BCUT2D eigenvalue weighted by Crippen LogP contribution is 2.15. The SMILES string of the molecule is CCN(CC(=O)O)C(=O)N1CCC(N(C)C)CC1. The summed E-state index contributed by atoms with van der Waals surface area (Å²) >= 11 is 0. The minimum Gasteiger partial charge on any atom is -0.480 e. The summed E-state index contributed by atoms with van der Waals surface area (Å²) in [6, 6.07) is 0.362. The number of carboxylic acid groups (broad SMARTS) is 1. The van der Waals surface area contributed by atoms with E-state index < -0.39 is 5.97 Å². The lowest BCUT2D eigenvalue weighted by Crippen LogP contribution is -2.50. The van der Waals surface area contributed by atoms with Gasteiger partial charge in [0.25, 0.3) is 0 Å². The molecule has 0 aromatic rings. The number of carbonyl (C=O) groups excluding carboxylic acids is 1. The Hall–Kier alpha value is -1.30. The third kappa shape index (κ3) is 3.87. The number of urea groups is 1. The normalized spacial score (nSPS) is 17.0. The fourth-order valence-electron chi connectivity index (χ4n) is 2.25. The second kappa shape index (κ2) is 6.58. The van der Waals surface area contributed by atoms with E-state index in [9.17, 15) is 9.59 Å². The van der Waals surface area contributed by atoms with Crippen LogP contribution in [0.1, 0.15) is 19.8 Å². The number of hydrogen-bond donors (Lipinski definition) is 1. The van der Waals surface area contributed by atoms with Gasteiger partial charge in [-0.15, -0.1) is 0 Å². The van der Waals surface area contributed by atoms with Crippen LogP contribution in [0.4, 0.5) is 4.79 Å². The summed E-state index contributed by atoms with van der Waals surface area (Å²) < 4.78 is 0. The van der Waals surface area contributed by atoms with E-state index in [0.717, 1.165) is 12.8 Å². The third-order valence-corrected chi connectivity index (χ3v) is 3.44. The van der Waals surface area contributed by atoms with Crippen LogP contribution in [0, 0.1) is 0 Å². The number of nitrogens with zero attached hydrogens (tertiary/aromatic N) is 3. The Bertz CT molecular complexity index is 299. The smallest absolute Gasteiger partial charge is 0.323 e. The molecular weight excluding hydrogens is 234 g/mol. The summed E-state index contributed by atoms with van der Waals surface area (Å²) in [6.07, 6.45) is 1.90. The number of amides is 2. The van der Waals surface area contributed by atoms with Crippen molar-refractivity contribution in [2.24, 2.45) is 0 Å². The molecule has 1 saturated heterocycles. The summed E-state index contributed by atoms with van der Waals surface area (Å²) in [5.41, 5.74) is 0. The molecule has 0 radical (unpaired) electrons. The van der Waals surface area contributed by atoms with Crippen LogP contribution in [-0.4, -0.2) is 78.1 Å². The van der Waals surface area contributed by atoms with E-state index in [1.54, 1.807) is 11.8 Å². The van der Waals surface area contributed by atoms with E-state index in [1.165, 1.54) is 4.90 Å². The van der Waals surface area contributed by atoms with Crippen LogP contribution in [0.5, 0.6) is 0 Å². The summed E-state index contributed by atoms with van der Waals surface area (Å²) in [4.78, 5) is 28.1. The second-order valence-corrected chi connectivity index (χ2v) is 4.87. The summed E-state index contributed by atoms with van der Waals surface area (Å²) in [6.45, 7) is 3.42. The van der Waals surface area contributed by atoms with Crippen molar-refractivity contribution in [2.45, 2.75) is 25.8 Å². The van der Waals surface area contributed by atoms with Gasteiger partial charge in [0.2, 0.25) is 0 Å². The van der Waals surface area contributed by atoms with Crippen molar-refractivity contribution in [2.75, 3.05) is 40.3 Å². The lowest BCUT2D eigenvalue weighted by Gasteiger charge is -2.37. The van der Waals surface area contributed by atoms with Gasteiger partial charge in [0, 0.05) is 25.7 Å². The van der Waals surface area contributed by atoms with E-state index in [-0.39, 0.29) is 12.6 Å². The van der Waals surface area contributed by atoms with Crippen molar-refractivity contribution >= 4 is 12.0 Å². The number of likely N-dealkylation sites (tertiary alicyclic amines) is 1. The van der Waals surface area contributed by atoms with Crippen molar-refractivity contribution in [3.05, 3.63) is 0 Å². The van der Waals surface area contributed by atoms with Gasteiger partial charge in [-0.25, -0.2) is 4.79 Å². The number of carboxylic acids is 1. The van der Waals surface area contributed by atoms with Crippen molar-refractivity contribution in [1.82, 2.24) is 14.7 Å². The zero-order valence-electron chi connectivity index (χ0n) is 11.4. The van der Waals surface area contributed by atoms with Gasteiger partial charge in [0.15, 0.2) is 0 Å². The Morgan fingerprint density at radius 2 is 1.83 bits per heavy atom. The van der Waals surface area contributed by atoms with Crippen molar-refractivity contribution < 1.29 is 14.7 Å². The number of likely N-dealkylation sites (N-methyl/N-ethyl adjacent to an activating group) is 1. The van der Waals surface area contributed by atoms with Gasteiger partial charge in [-0.1, -0.05) is 0 Å². The summed E-state index contributed by atoms with van der Waals surface area (Å²) in [7, 11) is 4.09. The molecule has 0 aromatic carbocycles. The maximum absolute atomic E-state index is 12.1. The average Bonchev–Trinajstić information content (AvgIpc) is 2.35. The molecule has 0 unspecified atom stereocenters. The Balaban J connectivity index is 2.50. The zero-order valence-corrected chi connectivity index (χ0v) is 11.4. The van der Waals surface area contributed by atoms with Crippen LogP contribution in [0.2, 0.25) is 0 Å². The highest BCUT2D eigenvalue weighted by molar-refractivity contribution is 5.80. The molecule has 6 nitrogen and oxygen atoms in total. The predicted molar refractivity (Wildman–Crippen MR) is 68.6 cm³/mol. The van der Waals surface area contributed by atoms with E-state index in [0.29, 0.717) is 25.7 Å². The van der Waals surface area contributed by atoms with E-state index in [4.69, 9.17) is 5.11 Å². The molecule has 0 aliphatic carbocycles.